The fraction of sp³-hybridized carbons (Fsp3) is 0.308. The van der Waals surface area contributed by atoms with Crippen LogP contribution in [-0.4, -0.2) is 55.0 Å². The molecule has 3 heterocycles. The Bertz CT molecular complexity index is 1510. The van der Waals surface area contributed by atoms with Crippen LogP contribution in [0.5, 0.6) is 0 Å². The first-order valence-corrected chi connectivity index (χ1v) is 12.0. The highest BCUT2D eigenvalue weighted by Gasteiger charge is 2.33. The molecule has 9 nitrogen and oxygen atoms in total. The lowest BCUT2D eigenvalue weighted by molar-refractivity contribution is -0.137. The third-order valence-electron chi connectivity index (χ3n) is 6.75. The summed E-state index contributed by atoms with van der Waals surface area (Å²) in [6, 6.07) is 8.38. The molecule has 0 bridgehead atoms. The number of amides is 1. The van der Waals surface area contributed by atoms with E-state index in [9.17, 15) is 23.1 Å². The molecule has 1 atom stereocenters. The van der Waals surface area contributed by atoms with Crippen LogP contribution in [-0.2, 0) is 13.2 Å². The fourth-order valence-corrected chi connectivity index (χ4v) is 4.46. The second-order valence-corrected chi connectivity index (χ2v) is 9.43. The van der Waals surface area contributed by atoms with Crippen molar-refractivity contribution in [2.45, 2.75) is 32.5 Å². The van der Waals surface area contributed by atoms with Gasteiger partial charge in [-0.05, 0) is 56.2 Å². The van der Waals surface area contributed by atoms with E-state index in [4.69, 9.17) is 0 Å². The number of hydrogen-bond donors (Lipinski definition) is 2. The molecule has 0 radical (unpaired) electrons. The molecular weight excluding hydrogens is 499 g/mol. The molecule has 0 spiro atoms. The molecule has 2 aromatic heterocycles. The highest BCUT2D eigenvalue weighted by molar-refractivity contribution is 6.05. The zero-order chi connectivity index (χ0) is 27.2. The smallest absolute Gasteiger partial charge is 0.391 e. The molecule has 1 fully saturated rings. The molecule has 1 amide bonds. The zero-order valence-corrected chi connectivity index (χ0v) is 21.0. The monoisotopic (exact) mass is 525 g/mol. The van der Waals surface area contributed by atoms with Crippen molar-refractivity contribution in [1.82, 2.24) is 24.8 Å². The summed E-state index contributed by atoms with van der Waals surface area (Å²) in [5, 5.41) is 25.1. The van der Waals surface area contributed by atoms with Gasteiger partial charge in [0.15, 0.2) is 0 Å². The average Bonchev–Trinajstić information content (AvgIpc) is 3.60. The van der Waals surface area contributed by atoms with Crippen molar-refractivity contribution in [3.8, 4) is 16.9 Å². The van der Waals surface area contributed by atoms with Gasteiger partial charge in [-0.1, -0.05) is 11.3 Å². The Kier molecular flexibility index (Phi) is 6.43. The lowest BCUT2D eigenvalue weighted by Gasteiger charge is -2.21. The summed E-state index contributed by atoms with van der Waals surface area (Å²) in [5.74, 6) is -0.568. The number of aliphatic hydroxyl groups excluding tert-OH is 1. The summed E-state index contributed by atoms with van der Waals surface area (Å²) in [6.07, 6.45) is -1.30. The van der Waals surface area contributed by atoms with E-state index in [1.165, 1.54) is 6.07 Å². The molecule has 0 aliphatic carbocycles. The number of hydrogen-bond acceptors (Lipinski definition) is 6. The number of carbonyl (C=O) groups excluding carboxylic acids is 1. The molecule has 2 aromatic carbocycles. The van der Waals surface area contributed by atoms with Crippen LogP contribution in [0.2, 0.25) is 0 Å². The van der Waals surface area contributed by atoms with Crippen molar-refractivity contribution in [2.75, 3.05) is 23.3 Å². The van der Waals surface area contributed by atoms with Crippen LogP contribution in [0.15, 0.2) is 48.8 Å². The Morgan fingerprint density at radius 3 is 2.61 bits per heavy atom. The maximum Gasteiger partial charge on any atom is 0.416 e. The summed E-state index contributed by atoms with van der Waals surface area (Å²) < 4.78 is 44.1. The summed E-state index contributed by atoms with van der Waals surface area (Å²) in [4.78, 5) is 14.8. The van der Waals surface area contributed by atoms with Crippen molar-refractivity contribution in [3.05, 3.63) is 71.2 Å². The highest BCUT2D eigenvalue weighted by Crippen LogP contribution is 2.35. The third kappa shape index (κ3) is 4.99. The van der Waals surface area contributed by atoms with Crippen molar-refractivity contribution in [2.24, 2.45) is 7.05 Å². The summed E-state index contributed by atoms with van der Waals surface area (Å²) in [6.45, 7) is 4.43. The van der Waals surface area contributed by atoms with Crippen LogP contribution in [0.1, 0.15) is 33.6 Å². The maximum atomic E-state index is 13.6. The predicted molar refractivity (Wildman–Crippen MR) is 135 cm³/mol. The van der Waals surface area contributed by atoms with Gasteiger partial charge in [0.1, 0.15) is 5.69 Å². The molecular formula is C26H26F3N7O2. The quantitative estimate of drug-likeness (QED) is 0.407. The van der Waals surface area contributed by atoms with Gasteiger partial charge in [-0.2, -0.15) is 18.3 Å². The molecule has 198 valence electrons. The molecule has 2 N–H and O–H groups in total. The SMILES string of the molecule is Cc1ccc(C(=O)Nc2cc(N3CCC(O)C3)cc(C(F)(F)F)c2)cc1-n1cc(-c2cnn(C)c2C)nn1. The van der Waals surface area contributed by atoms with E-state index in [0.717, 1.165) is 29.0 Å². The van der Waals surface area contributed by atoms with E-state index >= 15 is 0 Å². The van der Waals surface area contributed by atoms with Crippen LogP contribution >= 0.6 is 0 Å². The van der Waals surface area contributed by atoms with Gasteiger partial charge in [0, 0.05) is 48.3 Å². The first-order chi connectivity index (χ1) is 18.0. The molecule has 1 aliphatic rings. The van der Waals surface area contributed by atoms with Gasteiger partial charge in [0.2, 0.25) is 0 Å². The largest absolute Gasteiger partial charge is 0.416 e. The number of carbonyl (C=O) groups is 1. The Balaban J connectivity index is 1.43. The molecule has 1 saturated heterocycles. The normalized spacial score (nSPS) is 15.8. The number of rotatable bonds is 5. The van der Waals surface area contributed by atoms with Gasteiger partial charge in [0.25, 0.3) is 5.91 Å². The molecule has 5 rings (SSSR count). The zero-order valence-electron chi connectivity index (χ0n) is 21.0. The lowest BCUT2D eigenvalue weighted by atomic mass is 10.1. The standard InChI is InChI=1S/C26H26F3N7O2/c1-15-4-5-17(8-24(15)36-14-23(32-33-36)22-12-30-34(3)16(22)2)25(38)31-19-9-18(26(27,28)29)10-20(11-19)35-7-6-21(37)13-35/h4-5,8-12,14,21,37H,6-7,13H2,1-3H3,(H,31,38). The van der Waals surface area contributed by atoms with E-state index in [2.05, 4.69) is 20.7 Å². The second-order valence-electron chi connectivity index (χ2n) is 9.43. The molecule has 0 saturated carbocycles. The van der Waals surface area contributed by atoms with Crippen LogP contribution in [0, 0.1) is 13.8 Å². The van der Waals surface area contributed by atoms with Crippen molar-refractivity contribution < 1.29 is 23.1 Å². The van der Waals surface area contributed by atoms with E-state index in [1.54, 1.807) is 44.9 Å². The summed E-state index contributed by atoms with van der Waals surface area (Å²) in [7, 11) is 1.83. The minimum atomic E-state index is -4.59. The first-order valence-electron chi connectivity index (χ1n) is 12.0. The first kappa shape index (κ1) is 25.5. The van der Waals surface area contributed by atoms with E-state index in [-0.39, 0.29) is 23.5 Å². The fourth-order valence-electron chi connectivity index (χ4n) is 4.46. The van der Waals surface area contributed by atoms with Gasteiger partial charge < -0.3 is 15.3 Å². The van der Waals surface area contributed by atoms with Crippen LogP contribution < -0.4 is 10.2 Å². The number of aliphatic hydroxyl groups is 1. The maximum absolute atomic E-state index is 13.6. The van der Waals surface area contributed by atoms with E-state index < -0.39 is 23.8 Å². The second kappa shape index (κ2) is 9.60. The number of benzene rings is 2. The number of aromatic nitrogens is 5. The number of alkyl halides is 3. The minimum Gasteiger partial charge on any atom is -0.391 e. The lowest BCUT2D eigenvalue weighted by Crippen LogP contribution is -2.22. The topological polar surface area (TPSA) is 101 Å². The van der Waals surface area contributed by atoms with Gasteiger partial charge in [-0.3, -0.25) is 9.48 Å². The number of aryl methyl sites for hydroxylation is 2. The Labute approximate surface area is 216 Å². The molecule has 4 aromatic rings. The number of anilines is 2. The Morgan fingerprint density at radius 2 is 1.95 bits per heavy atom. The number of nitrogens with one attached hydrogen (secondary N) is 1. The number of halogens is 3. The van der Waals surface area contributed by atoms with E-state index in [1.807, 2.05) is 20.9 Å². The summed E-state index contributed by atoms with van der Waals surface area (Å²) >= 11 is 0. The van der Waals surface area contributed by atoms with Gasteiger partial charge in [-0.15, -0.1) is 5.10 Å². The van der Waals surface area contributed by atoms with Crippen molar-refractivity contribution in [3.63, 3.8) is 0 Å². The minimum absolute atomic E-state index is 0.0124. The molecule has 1 aliphatic heterocycles. The van der Waals surface area contributed by atoms with Gasteiger partial charge >= 0.3 is 6.18 Å². The highest BCUT2D eigenvalue weighted by atomic mass is 19.4. The summed E-state index contributed by atoms with van der Waals surface area (Å²) in [5.41, 5.74) is 3.47. The molecule has 1 unspecified atom stereocenters. The van der Waals surface area contributed by atoms with Crippen molar-refractivity contribution in [1.29, 1.82) is 0 Å². The van der Waals surface area contributed by atoms with Crippen LogP contribution in [0.3, 0.4) is 0 Å². The van der Waals surface area contributed by atoms with Crippen LogP contribution in [0.25, 0.3) is 16.9 Å². The number of β-amino-alcohol motifs (C(OH)–C–C–N with tert-alkyl or cyclic N) is 1. The van der Waals surface area contributed by atoms with Gasteiger partial charge in [-0.25, -0.2) is 4.68 Å². The third-order valence-corrected chi connectivity index (χ3v) is 6.75. The Hall–Kier alpha value is -4.19. The molecule has 12 heteroatoms. The number of nitrogens with zero attached hydrogens (tertiary/aromatic N) is 6. The van der Waals surface area contributed by atoms with Crippen molar-refractivity contribution >= 4 is 17.3 Å². The van der Waals surface area contributed by atoms with Gasteiger partial charge in [0.05, 0.1) is 29.7 Å². The van der Waals surface area contributed by atoms with Crippen LogP contribution in [0.4, 0.5) is 24.5 Å². The van der Waals surface area contributed by atoms with E-state index in [0.29, 0.717) is 24.3 Å². The average molecular weight is 526 g/mol. The Morgan fingerprint density at radius 1 is 1.16 bits per heavy atom. The molecule has 38 heavy (non-hydrogen) atoms. The predicted octanol–water partition coefficient (Wildman–Crippen LogP) is 4.13.